The van der Waals surface area contributed by atoms with Gasteiger partial charge in [0.15, 0.2) is 5.60 Å². The van der Waals surface area contributed by atoms with Crippen LogP contribution >= 0.6 is 0 Å². The zero-order chi connectivity index (χ0) is 25.1. The van der Waals surface area contributed by atoms with Gasteiger partial charge in [0.2, 0.25) is 0 Å². The highest BCUT2D eigenvalue weighted by Crippen LogP contribution is 2.20. The predicted molar refractivity (Wildman–Crippen MR) is 135 cm³/mol. The van der Waals surface area contributed by atoms with Gasteiger partial charge in [0.25, 0.3) is 0 Å². The molecule has 7 heteroatoms. The van der Waals surface area contributed by atoms with E-state index in [4.69, 9.17) is 20.4 Å². The van der Waals surface area contributed by atoms with Crippen LogP contribution in [0.3, 0.4) is 0 Å². The molecule has 0 bridgehead atoms. The fourth-order valence-corrected chi connectivity index (χ4v) is 2.64. The molecule has 0 aromatic heterocycles. The predicted octanol–water partition coefficient (Wildman–Crippen LogP) is 4.24. The summed E-state index contributed by atoms with van der Waals surface area (Å²) < 4.78 is 5.50. The van der Waals surface area contributed by atoms with Crippen molar-refractivity contribution in [3.8, 4) is 5.75 Å². The molecule has 0 aliphatic rings. The van der Waals surface area contributed by atoms with Crippen molar-refractivity contribution in [2.24, 2.45) is 10.7 Å². The lowest BCUT2D eigenvalue weighted by Crippen LogP contribution is -2.37. The number of carbonyl (C=O) groups excluding carboxylic acids is 1. The number of ether oxygens (including phenoxy) is 1. The number of aliphatic carboxylic acids is 1. The summed E-state index contributed by atoms with van der Waals surface area (Å²) in [6, 6.07) is 17.5. The van der Waals surface area contributed by atoms with Gasteiger partial charge < -0.3 is 25.7 Å². The zero-order valence-corrected chi connectivity index (χ0v) is 20.3. The summed E-state index contributed by atoms with van der Waals surface area (Å²) in [4.78, 5) is 23.5. The molecule has 2 aromatic carbocycles. The second-order valence-corrected chi connectivity index (χ2v) is 7.81. The molecule has 0 aliphatic heterocycles. The molecule has 2 aromatic rings. The summed E-state index contributed by atoms with van der Waals surface area (Å²) in [6.07, 6.45) is 3.77. The van der Waals surface area contributed by atoms with Crippen molar-refractivity contribution in [1.29, 1.82) is 0 Å². The molecule has 2 rings (SSSR count). The molecule has 0 radical (unpaired) electrons. The summed E-state index contributed by atoms with van der Waals surface area (Å²) in [5.41, 5.74) is 7.04. The van der Waals surface area contributed by atoms with Crippen molar-refractivity contribution in [3.05, 3.63) is 65.7 Å². The van der Waals surface area contributed by atoms with Crippen molar-refractivity contribution in [2.45, 2.75) is 58.6 Å². The number of carboxylic acid groups (broad SMARTS) is 1. The van der Waals surface area contributed by atoms with Gasteiger partial charge in [0, 0.05) is 6.42 Å². The van der Waals surface area contributed by atoms with Gasteiger partial charge in [-0.2, -0.15) is 0 Å². The van der Waals surface area contributed by atoms with Crippen molar-refractivity contribution in [1.82, 2.24) is 5.32 Å². The topological polar surface area (TPSA) is 114 Å². The number of hydrogen-bond acceptors (Lipinski definition) is 5. The van der Waals surface area contributed by atoms with Gasteiger partial charge in [-0.3, -0.25) is 4.99 Å². The van der Waals surface area contributed by atoms with Crippen LogP contribution in [0.25, 0.3) is 0 Å². The number of hydrogen-bond donors (Lipinski definition) is 3. The van der Waals surface area contributed by atoms with Crippen LogP contribution in [0.2, 0.25) is 0 Å². The Kier molecular flexibility index (Phi) is 15.7. The van der Waals surface area contributed by atoms with E-state index in [1.165, 1.54) is 20.3 Å². The number of rotatable bonds is 11. The van der Waals surface area contributed by atoms with E-state index in [9.17, 15) is 4.79 Å². The summed E-state index contributed by atoms with van der Waals surface area (Å²) in [5, 5.41) is 12.1. The largest absolute Gasteiger partial charge is 0.478 e. The van der Waals surface area contributed by atoms with Gasteiger partial charge in [-0.05, 0) is 70.0 Å². The summed E-state index contributed by atoms with van der Waals surface area (Å²) in [6.45, 7) is 8.95. The number of nitrogens with zero attached hydrogens (tertiary/aromatic N) is 1. The van der Waals surface area contributed by atoms with E-state index in [1.807, 2.05) is 56.3 Å². The maximum absolute atomic E-state index is 11.1. The number of nitrogens with two attached hydrogens (primary N) is 1. The Hall–Kier alpha value is -3.19. The lowest BCUT2D eigenvalue weighted by Gasteiger charge is -2.21. The third-order valence-electron chi connectivity index (χ3n) is 4.52. The monoisotopic (exact) mass is 457 g/mol. The molecule has 0 amide bonds. The van der Waals surface area contributed by atoms with Gasteiger partial charge in [0.1, 0.15) is 12.5 Å². The van der Waals surface area contributed by atoms with Crippen molar-refractivity contribution in [3.63, 3.8) is 0 Å². The first-order valence-corrected chi connectivity index (χ1v) is 11.1. The lowest BCUT2D eigenvalue weighted by atomic mass is 10.1. The first-order chi connectivity index (χ1) is 15.8. The second kappa shape index (κ2) is 17.4. The molecule has 0 aliphatic carbocycles. The molecule has 33 heavy (non-hydrogen) atoms. The highest BCUT2D eigenvalue weighted by atomic mass is 16.5. The molecular weight excluding hydrogens is 418 g/mol. The maximum atomic E-state index is 11.1. The molecule has 0 heterocycles. The summed E-state index contributed by atoms with van der Waals surface area (Å²) >= 11 is 0. The Balaban J connectivity index is 0.00000129. The molecule has 7 nitrogen and oxygen atoms in total. The van der Waals surface area contributed by atoms with Gasteiger partial charge in [-0.15, -0.1) is 0 Å². The standard InChI is InChI=1S/C21H26N2O3.C4H11N.CH2O/c1-21(2,20(24)25)26-18-13-11-16(12-14-18)9-6-10-19(22)23-15-17-7-4-3-5-8-17;1-3-4-5-2;1-2/h3-5,7-8,11-14H,6,9-10,15H2,1-2H3,(H2,22,23)(H,24,25);5H,3-4H2,1-2H3;1H2. The molecule has 4 N–H and O–H groups in total. The molecule has 0 saturated carbocycles. The molecule has 0 unspecified atom stereocenters. The Morgan fingerprint density at radius 3 is 2.18 bits per heavy atom. The SMILES string of the molecule is C=O.CC(C)(Oc1ccc(CCCC(N)=NCc2ccccc2)cc1)C(=O)O.CCCNC. The maximum Gasteiger partial charge on any atom is 0.347 e. The zero-order valence-electron chi connectivity index (χ0n) is 20.3. The average Bonchev–Trinajstić information content (AvgIpc) is 2.81. The lowest BCUT2D eigenvalue weighted by molar-refractivity contribution is -0.152. The van der Waals surface area contributed by atoms with Gasteiger partial charge in [0.05, 0.1) is 12.4 Å². The molecule has 0 saturated heterocycles. The summed E-state index contributed by atoms with van der Waals surface area (Å²) in [7, 11) is 1.96. The fourth-order valence-electron chi connectivity index (χ4n) is 2.64. The van der Waals surface area contributed by atoms with Gasteiger partial charge in [-0.25, -0.2) is 4.79 Å². The van der Waals surface area contributed by atoms with Crippen LogP contribution in [-0.4, -0.2) is 42.9 Å². The van der Waals surface area contributed by atoms with Crippen LogP contribution in [-0.2, 0) is 22.6 Å². The van der Waals surface area contributed by atoms with E-state index in [-0.39, 0.29) is 0 Å². The molecular formula is C26H39N3O4. The van der Waals surface area contributed by atoms with Crippen molar-refractivity contribution < 1.29 is 19.4 Å². The van der Waals surface area contributed by atoms with E-state index >= 15 is 0 Å². The minimum atomic E-state index is -1.24. The number of carboxylic acids is 1. The molecule has 182 valence electrons. The highest BCUT2D eigenvalue weighted by Gasteiger charge is 2.29. The van der Waals surface area contributed by atoms with Crippen LogP contribution in [0.1, 0.15) is 51.2 Å². The van der Waals surface area contributed by atoms with Gasteiger partial charge in [-0.1, -0.05) is 49.4 Å². The van der Waals surface area contributed by atoms with Crippen LogP contribution in [0, 0.1) is 0 Å². The average molecular weight is 458 g/mol. The van der Waals surface area contributed by atoms with E-state index in [0.29, 0.717) is 18.1 Å². The minimum absolute atomic E-state index is 0.546. The second-order valence-electron chi connectivity index (χ2n) is 7.81. The number of amidine groups is 1. The van der Waals surface area contributed by atoms with Crippen molar-refractivity contribution in [2.75, 3.05) is 13.6 Å². The third kappa shape index (κ3) is 13.7. The molecule has 0 fully saturated rings. The number of benzene rings is 2. The Morgan fingerprint density at radius 2 is 1.70 bits per heavy atom. The normalized spacial score (nSPS) is 10.8. The van der Waals surface area contributed by atoms with Gasteiger partial charge >= 0.3 is 5.97 Å². The quantitative estimate of drug-likeness (QED) is 0.343. The van der Waals surface area contributed by atoms with Crippen LogP contribution in [0.4, 0.5) is 0 Å². The summed E-state index contributed by atoms with van der Waals surface area (Å²) in [5.74, 6) is 0.217. The van der Waals surface area contributed by atoms with E-state index in [1.54, 1.807) is 12.1 Å². The Labute approximate surface area is 198 Å². The minimum Gasteiger partial charge on any atom is -0.478 e. The van der Waals surface area contributed by atoms with Crippen LogP contribution in [0.5, 0.6) is 5.75 Å². The smallest absolute Gasteiger partial charge is 0.347 e. The van der Waals surface area contributed by atoms with E-state index in [2.05, 4.69) is 17.2 Å². The number of aryl methyl sites for hydroxylation is 1. The number of aliphatic imine (C=N–C) groups is 1. The fraction of sp³-hybridized carbons (Fsp3) is 0.423. The van der Waals surface area contributed by atoms with Crippen LogP contribution in [0.15, 0.2) is 59.6 Å². The van der Waals surface area contributed by atoms with E-state index in [0.717, 1.165) is 36.9 Å². The molecule has 0 atom stereocenters. The highest BCUT2D eigenvalue weighted by molar-refractivity contribution is 5.80. The molecule has 0 spiro atoms. The van der Waals surface area contributed by atoms with E-state index < -0.39 is 11.6 Å². The Bertz CT molecular complexity index is 804. The first kappa shape index (κ1) is 29.8. The number of carbonyl (C=O) groups is 2. The van der Waals surface area contributed by atoms with Crippen molar-refractivity contribution >= 4 is 18.6 Å². The first-order valence-electron chi connectivity index (χ1n) is 11.1. The number of nitrogens with one attached hydrogen (secondary N) is 1. The van der Waals surface area contributed by atoms with Crippen LogP contribution < -0.4 is 15.8 Å². The third-order valence-corrected chi connectivity index (χ3v) is 4.52. The Morgan fingerprint density at radius 1 is 1.09 bits per heavy atom.